The van der Waals surface area contributed by atoms with Crippen molar-refractivity contribution in [1.29, 1.82) is 0 Å². The normalized spacial score (nSPS) is 22.6. The SMILES string of the molecule is CC.c1ccc(C2OC2(c2ccccc2)C(OCC2CO2)(c2ccccc2)c2ccccc2)cc1. The van der Waals surface area contributed by atoms with Crippen LogP contribution >= 0.6 is 0 Å². The predicted molar refractivity (Wildman–Crippen MR) is 139 cm³/mol. The second-order valence-electron chi connectivity index (χ2n) is 8.69. The van der Waals surface area contributed by atoms with E-state index in [0.29, 0.717) is 6.61 Å². The van der Waals surface area contributed by atoms with Crippen LogP contribution in [0, 0.1) is 0 Å². The molecule has 0 spiro atoms. The molecule has 0 radical (unpaired) electrons. The van der Waals surface area contributed by atoms with Crippen molar-refractivity contribution in [1.82, 2.24) is 0 Å². The summed E-state index contributed by atoms with van der Waals surface area (Å²) in [6.07, 6.45) is -0.0276. The lowest BCUT2D eigenvalue weighted by Crippen LogP contribution is -2.46. The van der Waals surface area contributed by atoms with Crippen LogP contribution in [0.3, 0.4) is 0 Å². The number of ether oxygens (including phenoxy) is 3. The molecule has 0 amide bonds. The van der Waals surface area contributed by atoms with Crippen molar-refractivity contribution in [2.24, 2.45) is 0 Å². The van der Waals surface area contributed by atoms with Crippen LogP contribution in [0.5, 0.6) is 0 Å². The number of benzene rings is 4. The fraction of sp³-hybridized carbons (Fsp3) is 0.250. The first kappa shape index (κ1) is 23.5. The molecule has 3 heteroatoms. The van der Waals surface area contributed by atoms with Gasteiger partial charge in [-0.2, -0.15) is 0 Å². The Kier molecular flexibility index (Phi) is 6.83. The van der Waals surface area contributed by atoms with Crippen molar-refractivity contribution < 1.29 is 14.2 Å². The lowest BCUT2D eigenvalue weighted by molar-refractivity contribution is -0.0831. The van der Waals surface area contributed by atoms with Crippen LogP contribution in [0.2, 0.25) is 0 Å². The molecule has 6 rings (SSSR count). The van der Waals surface area contributed by atoms with Gasteiger partial charge in [-0.15, -0.1) is 0 Å². The highest BCUT2D eigenvalue weighted by Crippen LogP contribution is 2.68. The van der Waals surface area contributed by atoms with Crippen LogP contribution in [0.1, 0.15) is 42.2 Å². The summed E-state index contributed by atoms with van der Waals surface area (Å²) in [5.74, 6) is 0. The van der Waals surface area contributed by atoms with Gasteiger partial charge in [0, 0.05) is 0 Å². The molecule has 2 saturated heterocycles. The fourth-order valence-electron chi connectivity index (χ4n) is 5.06. The van der Waals surface area contributed by atoms with E-state index in [1.165, 1.54) is 0 Å². The zero-order chi connectivity index (χ0) is 24.1. The third kappa shape index (κ3) is 4.21. The van der Waals surface area contributed by atoms with Crippen molar-refractivity contribution >= 4 is 0 Å². The summed E-state index contributed by atoms with van der Waals surface area (Å²) in [5.41, 5.74) is 2.79. The second-order valence-corrected chi connectivity index (χ2v) is 8.69. The van der Waals surface area contributed by atoms with Crippen LogP contribution in [0.15, 0.2) is 121 Å². The Hall–Kier alpha value is -3.24. The standard InChI is InChI=1S/C30H26O3.C2H6/c1-5-13-23(14-6-1)28-30(33-28,26-19-11-4-12-20-26)29(32-22-27-21-31-27,24-15-7-2-8-16-24)25-17-9-3-10-18-25;1-2/h1-20,27-28H,21-22H2;1-2H3. The minimum absolute atomic E-state index is 0.124. The molecule has 178 valence electrons. The molecule has 2 fully saturated rings. The Balaban J connectivity index is 0.00000124. The topological polar surface area (TPSA) is 34.3 Å². The fourth-order valence-corrected chi connectivity index (χ4v) is 5.06. The van der Waals surface area contributed by atoms with Gasteiger partial charge in [-0.25, -0.2) is 0 Å². The average molecular weight is 465 g/mol. The highest BCUT2D eigenvalue weighted by Gasteiger charge is 2.72. The van der Waals surface area contributed by atoms with E-state index in [9.17, 15) is 0 Å². The third-order valence-electron chi connectivity index (χ3n) is 6.69. The molecule has 2 aliphatic rings. The molecule has 4 aromatic rings. The van der Waals surface area contributed by atoms with Gasteiger partial charge in [-0.05, 0) is 22.3 Å². The highest BCUT2D eigenvalue weighted by molar-refractivity contribution is 5.50. The van der Waals surface area contributed by atoms with Crippen LogP contribution in [0.25, 0.3) is 0 Å². The molecular formula is C32H32O3. The second kappa shape index (κ2) is 10.2. The molecule has 0 saturated carbocycles. The average Bonchev–Trinajstić information content (AvgIpc) is 3.89. The number of rotatable bonds is 8. The van der Waals surface area contributed by atoms with E-state index in [4.69, 9.17) is 14.2 Å². The smallest absolute Gasteiger partial charge is 0.161 e. The highest BCUT2D eigenvalue weighted by atomic mass is 16.7. The van der Waals surface area contributed by atoms with Crippen molar-refractivity contribution in [3.05, 3.63) is 144 Å². The lowest BCUT2D eigenvalue weighted by atomic mass is 9.69. The van der Waals surface area contributed by atoms with Gasteiger partial charge < -0.3 is 14.2 Å². The Bertz CT molecular complexity index is 1150. The summed E-state index contributed by atoms with van der Waals surface area (Å²) in [4.78, 5) is 0. The summed E-state index contributed by atoms with van der Waals surface area (Å²) < 4.78 is 19.4. The van der Waals surface area contributed by atoms with Gasteiger partial charge in [0.2, 0.25) is 0 Å². The van der Waals surface area contributed by atoms with Gasteiger partial charge in [-0.3, -0.25) is 0 Å². The van der Waals surface area contributed by atoms with E-state index in [2.05, 4.69) is 97.1 Å². The molecule has 0 bridgehead atoms. The Labute approximate surface area is 208 Å². The zero-order valence-corrected chi connectivity index (χ0v) is 20.3. The minimum Gasteiger partial charge on any atom is -0.371 e. The van der Waals surface area contributed by atoms with Gasteiger partial charge in [0.1, 0.15) is 12.2 Å². The van der Waals surface area contributed by atoms with Crippen LogP contribution in [-0.2, 0) is 25.4 Å². The molecule has 0 N–H and O–H groups in total. The molecule has 2 heterocycles. The minimum atomic E-state index is -0.858. The van der Waals surface area contributed by atoms with E-state index in [1.807, 2.05) is 38.1 Å². The summed E-state index contributed by atoms with van der Waals surface area (Å²) in [5, 5.41) is 0. The van der Waals surface area contributed by atoms with Gasteiger partial charge >= 0.3 is 0 Å². The quantitative estimate of drug-likeness (QED) is 0.262. The maximum absolute atomic E-state index is 7.01. The van der Waals surface area contributed by atoms with Gasteiger partial charge in [0.05, 0.1) is 13.2 Å². The van der Waals surface area contributed by atoms with E-state index < -0.39 is 11.2 Å². The van der Waals surface area contributed by atoms with Crippen molar-refractivity contribution in [3.63, 3.8) is 0 Å². The molecule has 2 aliphatic heterocycles. The maximum atomic E-state index is 7.01. The van der Waals surface area contributed by atoms with Gasteiger partial charge in [0.25, 0.3) is 0 Å². The number of epoxide rings is 2. The largest absolute Gasteiger partial charge is 0.371 e. The summed E-state index contributed by atoms with van der Waals surface area (Å²) in [6, 6.07) is 41.9. The lowest BCUT2D eigenvalue weighted by Gasteiger charge is -2.41. The molecule has 3 atom stereocenters. The van der Waals surface area contributed by atoms with Gasteiger partial charge in [0.15, 0.2) is 11.2 Å². The molecular weight excluding hydrogens is 432 g/mol. The maximum Gasteiger partial charge on any atom is 0.161 e. The van der Waals surface area contributed by atoms with Crippen molar-refractivity contribution in [2.75, 3.05) is 13.2 Å². The molecule has 3 nitrogen and oxygen atoms in total. The molecule has 35 heavy (non-hydrogen) atoms. The Morgan fingerprint density at radius 3 is 1.66 bits per heavy atom. The first-order valence-electron chi connectivity index (χ1n) is 12.5. The van der Waals surface area contributed by atoms with E-state index >= 15 is 0 Å². The number of hydrogen-bond donors (Lipinski definition) is 0. The monoisotopic (exact) mass is 464 g/mol. The van der Waals surface area contributed by atoms with E-state index in [0.717, 1.165) is 28.9 Å². The summed E-state index contributed by atoms with van der Waals surface area (Å²) in [6.45, 7) is 5.24. The number of hydrogen-bond acceptors (Lipinski definition) is 3. The summed E-state index contributed by atoms with van der Waals surface area (Å²) >= 11 is 0. The predicted octanol–water partition coefficient (Wildman–Crippen LogP) is 7.04. The molecule has 4 aromatic carbocycles. The van der Waals surface area contributed by atoms with Crippen molar-refractivity contribution in [2.45, 2.75) is 37.3 Å². The van der Waals surface area contributed by atoms with E-state index in [1.54, 1.807) is 0 Å². The molecule has 0 aromatic heterocycles. The first-order valence-corrected chi connectivity index (χ1v) is 12.5. The Morgan fingerprint density at radius 2 is 1.17 bits per heavy atom. The van der Waals surface area contributed by atoms with Crippen LogP contribution in [0.4, 0.5) is 0 Å². The van der Waals surface area contributed by atoms with Crippen molar-refractivity contribution in [3.8, 4) is 0 Å². The first-order chi connectivity index (χ1) is 17.3. The zero-order valence-electron chi connectivity index (χ0n) is 20.3. The van der Waals surface area contributed by atoms with Crippen LogP contribution in [-0.4, -0.2) is 19.3 Å². The van der Waals surface area contributed by atoms with E-state index in [-0.39, 0.29) is 12.2 Å². The summed E-state index contributed by atoms with van der Waals surface area (Å²) in [7, 11) is 0. The van der Waals surface area contributed by atoms with Gasteiger partial charge in [-0.1, -0.05) is 135 Å². The third-order valence-corrected chi connectivity index (χ3v) is 6.69. The molecule has 3 unspecified atom stereocenters. The van der Waals surface area contributed by atoms with Crippen LogP contribution < -0.4 is 0 Å². The molecule has 0 aliphatic carbocycles. The Morgan fingerprint density at radius 1 is 0.714 bits per heavy atom.